The van der Waals surface area contributed by atoms with Crippen LogP contribution in [0.25, 0.3) is 0 Å². The van der Waals surface area contributed by atoms with Crippen molar-refractivity contribution in [1.29, 1.82) is 0 Å². The molecular weight excluding hydrogens is 310 g/mol. The number of nitrogens with zero attached hydrogens (tertiary/aromatic N) is 2. The molecule has 1 atom stereocenters. The highest BCUT2D eigenvalue weighted by Crippen LogP contribution is 2.18. The summed E-state index contributed by atoms with van der Waals surface area (Å²) in [6, 6.07) is 14.3. The van der Waals surface area contributed by atoms with Crippen molar-refractivity contribution in [2.75, 3.05) is 25.0 Å². The molecule has 4 nitrogen and oxygen atoms in total. The second-order valence-corrected chi connectivity index (χ2v) is 6.94. The van der Waals surface area contributed by atoms with E-state index in [0.717, 1.165) is 44.6 Å². The van der Waals surface area contributed by atoms with Crippen LogP contribution < -0.4 is 5.32 Å². The van der Waals surface area contributed by atoms with Crippen LogP contribution in [0.4, 0.5) is 5.69 Å². The molecule has 4 heteroatoms. The summed E-state index contributed by atoms with van der Waals surface area (Å²) in [5.41, 5.74) is 2.87. The molecule has 0 bridgehead atoms. The third-order valence-corrected chi connectivity index (χ3v) is 4.74. The second kappa shape index (κ2) is 8.65. The van der Waals surface area contributed by atoms with Gasteiger partial charge >= 0.3 is 0 Å². The number of pyridine rings is 1. The van der Waals surface area contributed by atoms with Crippen LogP contribution in [-0.2, 0) is 6.42 Å². The fraction of sp³-hybridized carbons (Fsp3) is 0.429. The van der Waals surface area contributed by atoms with Gasteiger partial charge in [0.2, 0.25) is 0 Å². The van der Waals surface area contributed by atoms with Crippen molar-refractivity contribution in [2.45, 2.75) is 32.6 Å². The minimum Gasteiger partial charge on any atom is -0.385 e. The molecule has 1 N–H and O–H groups in total. The second-order valence-electron chi connectivity index (χ2n) is 6.94. The van der Waals surface area contributed by atoms with Crippen molar-refractivity contribution >= 4 is 11.6 Å². The van der Waals surface area contributed by atoms with Crippen molar-refractivity contribution in [2.24, 2.45) is 5.92 Å². The van der Waals surface area contributed by atoms with E-state index in [9.17, 15) is 4.79 Å². The number of carbonyl (C=O) groups is 1. The van der Waals surface area contributed by atoms with E-state index in [2.05, 4.69) is 41.5 Å². The van der Waals surface area contributed by atoms with Crippen molar-refractivity contribution < 1.29 is 4.79 Å². The van der Waals surface area contributed by atoms with E-state index >= 15 is 0 Å². The first-order chi connectivity index (χ1) is 12.2. The van der Waals surface area contributed by atoms with E-state index in [0.29, 0.717) is 11.6 Å². The van der Waals surface area contributed by atoms with Gasteiger partial charge in [-0.3, -0.25) is 9.78 Å². The van der Waals surface area contributed by atoms with Crippen molar-refractivity contribution in [3.63, 3.8) is 0 Å². The van der Waals surface area contributed by atoms with Gasteiger partial charge in [-0.15, -0.1) is 0 Å². The van der Waals surface area contributed by atoms with Gasteiger partial charge in [-0.25, -0.2) is 0 Å². The number of benzene rings is 1. The topological polar surface area (TPSA) is 45.2 Å². The molecule has 0 saturated carbocycles. The molecule has 1 fully saturated rings. The normalized spacial score (nSPS) is 17.3. The minimum absolute atomic E-state index is 0.0551. The summed E-state index contributed by atoms with van der Waals surface area (Å²) in [7, 11) is 0. The molecule has 2 aromatic rings. The monoisotopic (exact) mass is 337 g/mol. The first-order valence-electron chi connectivity index (χ1n) is 9.25. The third kappa shape index (κ3) is 5.05. The molecule has 2 heterocycles. The van der Waals surface area contributed by atoms with Gasteiger partial charge in [0, 0.05) is 31.5 Å². The van der Waals surface area contributed by atoms with Gasteiger partial charge in [0.05, 0.1) is 0 Å². The standard InChI is InChI=1S/C21H27N3O/c1-17-7-6-14-24(16-17)21(25)20-15-19(11-13-23-20)22-12-5-10-18-8-3-2-4-9-18/h2-4,8-9,11,13,15,17H,5-7,10,12,14,16H2,1H3,(H,22,23). The maximum absolute atomic E-state index is 12.6. The van der Waals surface area contributed by atoms with E-state index in [1.807, 2.05) is 23.1 Å². The Balaban J connectivity index is 1.51. The highest BCUT2D eigenvalue weighted by molar-refractivity contribution is 5.93. The number of aryl methyl sites for hydroxylation is 1. The molecule has 1 aromatic heterocycles. The maximum Gasteiger partial charge on any atom is 0.272 e. The first kappa shape index (κ1) is 17.5. The minimum atomic E-state index is 0.0551. The van der Waals surface area contributed by atoms with Crippen molar-refractivity contribution in [1.82, 2.24) is 9.88 Å². The number of anilines is 1. The summed E-state index contributed by atoms with van der Waals surface area (Å²) >= 11 is 0. The van der Waals surface area contributed by atoms with E-state index in [4.69, 9.17) is 0 Å². The van der Waals surface area contributed by atoms with Gasteiger partial charge < -0.3 is 10.2 Å². The summed E-state index contributed by atoms with van der Waals surface area (Å²) in [5, 5.41) is 3.41. The van der Waals surface area contributed by atoms with Crippen LogP contribution in [0.3, 0.4) is 0 Å². The highest BCUT2D eigenvalue weighted by Gasteiger charge is 2.22. The summed E-state index contributed by atoms with van der Waals surface area (Å²) in [4.78, 5) is 18.9. The molecule has 1 aliphatic heterocycles. The lowest BCUT2D eigenvalue weighted by Gasteiger charge is -2.30. The Bertz CT molecular complexity index is 687. The highest BCUT2D eigenvalue weighted by atomic mass is 16.2. The van der Waals surface area contributed by atoms with E-state index in [1.165, 1.54) is 12.0 Å². The average Bonchev–Trinajstić information content (AvgIpc) is 2.66. The van der Waals surface area contributed by atoms with Crippen LogP contribution in [0.1, 0.15) is 42.2 Å². The fourth-order valence-electron chi connectivity index (χ4n) is 3.36. The van der Waals surface area contributed by atoms with Gasteiger partial charge in [0.25, 0.3) is 5.91 Å². The molecule has 0 spiro atoms. The van der Waals surface area contributed by atoms with E-state index in [1.54, 1.807) is 6.20 Å². The smallest absolute Gasteiger partial charge is 0.272 e. The molecule has 1 aliphatic rings. The van der Waals surface area contributed by atoms with E-state index < -0.39 is 0 Å². The third-order valence-electron chi connectivity index (χ3n) is 4.74. The summed E-state index contributed by atoms with van der Waals surface area (Å²) < 4.78 is 0. The lowest BCUT2D eigenvalue weighted by molar-refractivity contribution is 0.0677. The molecule has 1 unspecified atom stereocenters. The predicted molar refractivity (Wildman–Crippen MR) is 102 cm³/mol. The molecule has 0 aliphatic carbocycles. The molecule has 1 amide bonds. The number of hydrogen-bond acceptors (Lipinski definition) is 3. The molecule has 1 aromatic carbocycles. The molecule has 132 valence electrons. The Hall–Kier alpha value is -2.36. The number of rotatable bonds is 6. The van der Waals surface area contributed by atoms with Gasteiger partial charge in [0.1, 0.15) is 5.69 Å². The Morgan fingerprint density at radius 2 is 2.12 bits per heavy atom. The van der Waals surface area contributed by atoms with Gasteiger partial charge in [-0.05, 0) is 49.3 Å². The zero-order valence-electron chi connectivity index (χ0n) is 14.9. The quantitative estimate of drug-likeness (QED) is 0.811. The van der Waals surface area contributed by atoms with Crippen LogP contribution >= 0.6 is 0 Å². The van der Waals surface area contributed by atoms with Crippen LogP contribution in [-0.4, -0.2) is 35.4 Å². The van der Waals surface area contributed by atoms with Crippen LogP contribution in [0.2, 0.25) is 0 Å². The van der Waals surface area contributed by atoms with Crippen LogP contribution in [0.15, 0.2) is 48.7 Å². The first-order valence-corrected chi connectivity index (χ1v) is 9.25. The molecule has 3 rings (SSSR count). The zero-order valence-corrected chi connectivity index (χ0v) is 14.9. The van der Waals surface area contributed by atoms with Crippen molar-refractivity contribution in [3.05, 3.63) is 59.9 Å². The number of likely N-dealkylation sites (tertiary alicyclic amines) is 1. The Labute approximate surface area is 150 Å². The zero-order chi connectivity index (χ0) is 17.5. The number of amides is 1. The SMILES string of the molecule is CC1CCCN(C(=O)c2cc(NCCCc3ccccc3)ccn2)C1. The van der Waals surface area contributed by atoms with Gasteiger partial charge in [0.15, 0.2) is 0 Å². The summed E-state index contributed by atoms with van der Waals surface area (Å²) in [5.74, 6) is 0.636. The lowest BCUT2D eigenvalue weighted by Crippen LogP contribution is -2.39. The Kier molecular flexibility index (Phi) is 6.04. The summed E-state index contributed by atoms with van der Waals surface area (Å²) in [6.45, 7) is 4.78. The van der Waals surface area contributed by atoms with E-state index in [-0.39, 0.29) is 5.91 Å². The fourth-order valence-corrected chi connectivity index (χ4v) is 3.36. The van der Waals surface area contributed by atoms with Crippen LogP contribution in [0, 0.1) is 5.92 Å². The molecular formula is C21H27N3O. The summed E-state index contributed by atoms with van der Waals surface area (Å²) in [6.07, 6.45) is 6.13. The average molecular weight is 337 g/mol. The largest absolute Gasteiger partial charge is 0.385 e. The Morgan fingerprint density at radius 1 is 1.28 bits per heavy atom. The lowest BCUT2D eigenvalue weighted by atomic mass is 10.00. The molecule has 25 heavy (non-hydrogen) atoms. The number of nitrogens with one attached hydrogen (secondary N) is 1. The van der Waals surface area contributed by atoms with Crippen LogP contribution in [0.5, 0.6) is 0 Å². The number of hydrogen-bond donors (Lipinski definition) is 1. The molecule has 0 radical (unpaired) electrons. The van der Waals surface area contributed by atoms with Gasteiger partial charge in [-0.2, -0.15) is 0 Å². The number of piperidine rings is 1. The van der Waals surface area contributed by atoms with Crippen molar-refractivity contribution in [3.8, 4) is 0 Å². The Morgan fingerprint density at radius 3 is 2.92 bits per heavy atom. The predicted octanol–water partition coefficient (Wildman–Crippen LogP) is 4.00. The number of carbonyl (C=O) groups excluding carboxylic acids is 1. The number of aromatic nitrogens is 1. The van der Waals surface area contributed by atoms with Gasteiger partial charge in [-0.1, -0.05) is 37.3 Å². The maximum atomic E-state index is 12.6. The molecule has 1 saturated heterocycles.